The predicted octanol–water partition coefficient (Wildman–Crippen LogP) is 13.6. The second-order valence-electron chi connectivity index (χ2n) is 15.0. The largest absolute Gasteiger partial charge is 0.0856 e. The topological polar surface area (TPSA) is 0 Å². The van der Waals surface area contributed by atoms with Crippen molar-refractivity contribution in [3.8, 4) is 0 Å². The van der Waals surface area contributed by atoms with Crippen LogP contribution in [0.25, 0.3) is 0 Å². The summed E-state index contributed by atoms with van der Waals surface area (Å²) in [6.07, 6.45) is 31.5. The summed E-state index contributed by atoms with van der Waals surface area (Å²) in [5.74, 6) is 0.824. The molecule has 1 atom stereocenters. The third-order valence-electron chi connectivity index (χ3n) is 10.1. The molecule has 0 nitrogen and oxygen atoms in total. The minimum Gasteiger partial charge on any atom is -0.0856 e. The second-order valence-corrected chi connectivity index (χ2v) is 15.0. The zero-order chi connectivity index (χ0) is 29.8. The van der Waals surface area contributed by atoms with Crippen LogP contribution in [0.15, 0.2) is 69.4 Å². The Hall–Kier alpha value is -1.56. The average Bonchev–Trinajstić information content (AvgIpc) is 2.85. The summed E-state index contributed by atoms with van der Waals surface area (Å²) in [7, 11) is 0. The van der Waals surface area contributed by atoms with E-state index in [-0.39, 0.29) is 0 Å². The molecule has 2 aliphatic carbocycles. The molecule has 2 aliphatic rings. The Morgan fingerprint density at radius 1 is 0.750 bits per heavy atom. The van der Waals surface area contributed by atoms with Crippen LogP contribution in [0.5, 0.6) is 0 Å². The number of hydrogen-bond acceptors (Lipinski definition) is 0. The molecule has 0 saturated heterocycles. The van der Waals surface area contributed by atoms with Crippen molar-refractivity contribution in [3.05, 3.63) is 69.4 Å². The highest BCUT2D eigenvalue weighted by Crippen LogP contribution is 2.43. The maximum Gasteiger partial charge on any atom is -0.0104 e. The van der Waals surface area contributed by atoms with Crippen LogP contribution in [0, 0.1) is 16.7 Å². The van der Waals surface area contributed by atoms with Gasteiger partial charge in [-0.1, -0.05) is 105 Å². The van der Waals surface area contributed by atoms with Crippen LogP contribution in [0.3, 0.4) is 0 Å². The molecule has 0 N–H and O–H groups in total. The summed E-state index contributed by atoms with van der Waals surface area (Å²) >= 11 is 0. The lowest BCUT2D eigenvalue weighted by molar-refractivity contribution is 0.354. The number of hydrogen-bond donors (Lipinski definition) is 0. The molecular weight excluding hydrogens is 480 g/mol. The fourth-order valence-electron chi connectivity index (χ4n) is 7.15. The molecule has 0 amide bonds. The molecule has 0 aromatic heterocycles. The van der Waals surface area contributed by atoms with Crippen LogP contribution in [-0.2, 0) is 0 Å². The zero-order valence-electron chi connectivity index (χ0n) is 28.6. The minimum absolute atomic E-state index is 0.328. The fourth-order valence-corrected chi connectivity index (χ4v) is 7.15. The highest BCUT2D eigenvalue weighted by molar-refractivity contribution is 5.36. The van der Waals surface area contributed by atoms with Crippen molar-refractivity contribution in [2.24, 2.45) is 16.7 Å². The van der Waals surface area contributed by atoms with E-state index in [2.05, 4.69) is 99.6 Å². The molecule has 0 fully saturated rings. The number of rotatable bonds is 15. The van der Waals surface area contributed by atoms with Crippen LogP contribution in [0.4, 0.5) is 0 Å². The molecule has 0 aromatic carbocycles. The Bertz CT molecular complexity index is 981. The van der Waals surface area contributed by atoms with E-state index in [1.165, 1.54) is 95.5 Å². The van der Waals surface area contributed by atoms with Crippen molar-refractivity contribution in [1.29, 1.82) is 0 Å². The SMILES string of the molecule is CC1=C(/C=C/C(C)=C/CC/C(C)=C\CCC[C@@H](C)CC/C=C(/C)CCC2=C(C)CCCC2(C)C)C(C)(C)CCC1. The van der Waals surface area contributed by atoms with Gasteiger partial charge in [-0.05, 0) is 147 Å². The maximum absolute atomic E-state index is 2.53. The Morgan fingerprint density at radius 2 is 1.38 bits per heavy atom. The summed E-state index contributed by atoms with van der Waals surface area (Å²) < 4.78 is 0. The molecule has 0 saturated carbocycles. The third-order valence-corrected chi connectivity index (χ3v) is 10.1. The molecule has 0 unspecified atom stereocenters. The molecule has 0 aromatic rings. The molecule has 40 heavy (non-hydrogen) atoms. The first-order valence-corrected chi connectivity index (χ1v) is 16.9. The first-order valence-electron chi connectivity index (χ1n) is 16.9. The van der Waals surface area contributed by atoms with Gasteiger partial charge in [0.25, 0.3) is 0 Å². The Kier molecular flexibility index (Phi) is 14.5. The van der Waals surface area contributed by atoms with Crippen molar-refractivity contribution in [2.45, 2.75) is 166 Å². The number of allylic oxidation sites excluding steroid dienone is 12. The summed E-state index contributed by atoms with van der Waals surface area (Å²) in [4.78, 5) is 0. The molecule has 0 bridgehead atoms. The van der Waals surface area contributed by atoms with Crippen molar-refractivity contribution in [2.75, 3.05) is 0 Å². The van der Waals surface area contributed by atoms with Crippen LogP contribution in [-0.4, -0.2) is 0 Å². The van der Waals surface area contributed by atoms with Crippen LogP contribution >= 0.6 is 0 Å². The average molecular weight is 547 g/mol. The monoisotopic (exact) mass is 547 g/mol. The Balaban J connectivity index is 1.63. The highest BCUT2D eigenvalue weighted by Gasteiger charge is 2.28. The number of unbranched alkanes of at least 4 members (excludes halogenated alkanes) is 1. The molecule has 226 valence electrons. The van der Waals surface area contributed by atoms with Gasteiger partial charge in [-0.25, -0.2) is 0 Å². The van der Waals surface area contributed by atoms with Crippen molar-refractivity contribution in [1.82, 2.24) is 0 Å². The first-order chi connectivity index (χ1) is 18.8. The summed E-state index contributed by atoms with van der Waals surface area (Å²) in [5.41, 5.74) is 11.9. The lowest BCUT2D eigenvalue weighted by Crippen LogP contribution is -2.20. The van der Waals surface area contributed by atoms with Gasteiger partial charge in [0.05, 0.1) is 0 Å². The van der Waals surface area contributed by atoms with Crippen molar-refractivity contribution >= 4 is 0 Å². The van der Waals surface area contributed by atoms with E-state index >= 15 is 0 Å². The molecule has 0 aliphatic heterocycles. The molecule has 0 spiro atoms. The Labute approximate surface area is 251 Å². The van der Waals surface area contributed by atoms with E-state index in [1.54, 1.807) is 33.4 Å². The maximum atomic E-state index is 2.53. The van der Waals surface area contributed by atoms with E-state index in [4.69, 9.17) is 0 Å². The van der Waals surface area contributed by atoms with Crippen LogP contribution in [0.1, 0.15) is 166 Å². The second kappa shape index (κ2) is 16.8. The van der Waals surface area contributed by atoms with Crippen LogP contribution in [0.2, 0.25) is 0 Å². The third kappa shape index (κ3) is 12.1. The summed E-state index contributed by atoms with van der Waals surface area (Å²) in [6, 6.07) is 0. The van der Waals surface area contributed by atoms with Gasteiger partial charge in [0.15, 0.2) is 0 Å². The van der Waals surface area contributed by atoms with Gasteiger partial charge < -0.3 is 0 Å². The van der Waals surface area contributed by atoms with Gasteiger partial charge in [-0.15, -0.1) is 0 Å². The lowest BCUT2D eigenvalue weighted by atomic mass is 9.71. The van der Waals surface area contributed by atoms with Crippen LogP contribution < -0.4 is 0 Å². The predicted molar refractivity (Wildman–Crippen MR) is 182 cm³/mol. The lowest BCUT2D eigenvalue weighted by Gasteiger charge is -2.35. The van der Waals surface area contributed by atoms with E-state index < -0.39 is 0 Å². The molecule has 0 heterocycles. The Morgan fingerprint density at radius 3 is 2.05 bits per heavy atom. The highest BCUT2D eigenvalue weighted by atomic mass is 14.3. The van der Waals surface area contributed by atoms with Gasteiger partial charge in [0.2, 0.25) is 0 Å². The molecular formula is C40H66. The van der Waals surface area contributed by atoms with E-state index in [1.807, 2.05) is 0 Å². The molecule has 2 rings (SSSR count). The van der Waals surface area contributed by atoms with Crippen molar-refractivity contribution in [3.63, 3.8) is 0 Å². The van der Waals surface area contributed by atoms with E-state index in [9.17, 15) is 0 Å². The summed E-state index contributed by atoms with van der Waals surface area (Å²) in [5, 5.41) is 0. The van der Waals surface area contributed by atoms with E-state index in [0.717, 1.165) is 12.3 Å². The molecule has 0 radical (unpaired) electrons. The standard InChI is InChI=1S/C40H66/c1-31(19-13-21-33(3)25-27-37-35(5)23-15-29-39(37,7)8)17-11-12-18-32(2)20-14-22-34(4)26-28-38-36(6)24-16-30-40(38,9)10/h17,21-22,25,27,32H,11-16,18-20,23-24,26,28-30H2,1-10H3/b27-25+,31-17-,33-21+,34-22-/t32-/m1/s1. The van der Waals surface area contributed by atoms with Crippen molar-refractivity contribution < 1.29 is 0 Å². The minimum atomic E-state index is 0.328. The van der Waals surface area contributed by atoms with Gasteiger partial charge in [0.1, 0.15) is 0 Å². The van der Waals surface area contributed by atoms with Gasteiger partial charge in [-0.2, -0.15) is 0 Å². The smallest absolute Gasteiger partial charge is 0.0104 e. The van der Waals surface area contributed by atoms with Gasteiger partial charge in [-0.3, -0.25) is 0 Å². The normalized spacial score (nSPS) is 21.5. The quantitative estimate of drug-likeness (QED) is 0.109. The van der Waals surface area contributed by atoms with Gasteiger partial charge >= 0.3 is 0 Å². The fraction of sp³-hybridized carbons (Fsp3) is 0.700. The van der Waals surface area contributed by atoms with E-state index in [0.29, 0.717) is 10.8 Å². The first kappa shape index (κ1) is 34.6. The van der Waals surface area contributed by atoms with Gasteiger partial charge in [0, 0.05) is 0 Å². The summed E-state index contributed by atoms with van der Waals surface area (Å²) in [6.45, 7) is 23.8. The molecule has 0 heteroatoms. The zero-order valence-corrected chi connectivity index (χ0v) is 28.6.